The first-order chi connectivity index (χ1) is 14.8. The zero-order chi connectivity index (χ0) is 22.5. The number of esters is 1. The number of hydrogen-bond donors (Lipinski definition) is 2. The molecule has 0 bridgehead atoms. The van der Waals surface area contributed by atoms with Gasteiger partial charge in [-0.2, -0.15) is 0 Å². The fourth-order valence-corrected chi connectivity index (χ4v) is 4.22. The number of ether oxygens (including phenoxy) is 1. The van der Waals surface area contributed by atoms with Crippen LogP contribution in [0.1, 0.15) is 40.5 Å². The molecule has 1 heterocycles. The molecule has 0 spiro atoms. The van der Waals surface area contributed by atoms with Crippen molar-refractivity contribution < 1.29 is 24.2 Å². The van der Waals surface area contributed by atoms with Crippen LogP contribution >= 0.6 is 11.8 Å². The van der Waals surface area contributed by atoms with Gasteiger partial charge in [0.1, 0.15) is 11.5 Å². The van der Waals surface area contributed by atoms with Crippen LogP contribution in [0.3, 0.4) is 0 Å². The van der Waals surface area contributed by atoms with E-state index in [-0.39, 0.29) is 17.9 Å². The van der Waals surface area contributed by atoms with Gasteiger partial charge in [-0.1, -0.05) is 29.8 Å². The van der Waals surface area contributed by atoms with E-state index in [1.54, 1.807) is 12.1 Å². The van der Waals surface area contributed by atoms with Gasteiger partial charge in [-0.05, 0) is 43.2 Å². The fourth-order valence-electron chi connectivity index (χ4n) is 3.33. The number of aryl methyl sites for hydroxylation is 2. The number of carbonyl (C=O) groups is 1. The van der Waals surface area contributed by atoms with E-state index in [0.717, 1.165) is 16.0 Å². The Morgan fingerprint density at radius 3 is 2.58 bits per heavy atom. The molecule has 0 saturated carbocycles. The molecule has 3 aromatic rings. The summed E-state index contributed by atoms with van der Waals surface area (Å²) in [7, 11) is 1.26. The SMILES string of the molecule is COC(=O)C[C@H](c1cccc(O)c1)c1oc(CSc2ccc(C)cc2C)cc(=O)c1O. The van der Waals surface area contributed by atoms with Crippen molar-refractivity contribution >= 4 is 17.7 Å². The summed E-state index contributed by atoms with van der Waals surface area (Å²) in [6, 6.07) is 13.6. The van der Waals surface area contributed by atoms with Gasteiger partial charge in [-0.3, -0.25) is 9.59 Å². The van der Waals surface area contributed by atoms with E-state index in [9.17, 15) is 19.8 Å². The summed E-state index contributed by atoms with van der Waals surface area (Å²) < 4.78 is 10.7. The van der Waals surface area contributed by atoms with E-state index in [1.807, 2.05) is 26.0 Å². The maximum Gasteiger partial charge on any atom is 0.306 e. The van der Waals surface area contributed by atoms with Crippen molar-refractivity contribution in [1.82, 2.24) is 0 Å². The second kappa shape index (κ2) is 9.75. The molecule has 2 N–H and O–H groups in total. The first-order valence-corrected chi connectivity index (χ1v) is 10.7. The fraction of sp³-hybridized carbons (Fsp3) is 0.250. The van der Waals surface area contributed by atoms with Gasteiger partial charge in [-0.25, -0.2) is 0 Å². The number of hydrogen-bond acceptors (Lipinski definition) is 7. The Hall–Kier alpha value is -3.19. The molecule has 0 amide bonds. The number of thioether (sulfide) groups is 1. The second-order valence-corrected chi connectivity index (χ2v) is 8.29. The summed E-state index contributed by atoms with van der Waals surface area (Å²) in [5.41, 5.74) is 2.21. The molecule has 0 aliphatic rings. The number of aromatic hydroxyl groups is 2. The molecule has 0 aliphatic heterocycles. The van der Waals surface area contributed by atoms with Gasteiger partial charge in [0.05, 0.1) is 25.2 Å². The third-order valence-corrected chi connectivity index (χ3v) is 6.09. The third-order valence-electron chi connectivity index (χ3n) is 4.89. The molecular weight excluding hydrogens is 416 g/mol. The lowest BCUT2D eigenvalue weighted by molar-refractivity contribution is -0.140. The Morgan fingerprint density at radius 1 is 1.13 bits per heavy atom. The van der Waals surface area contributed by atoms with E-state index < -0.39 is 23.1 Å². The van der Waals surface area contributed by atoms with Gasteiger partial charge in [-0.15, -0.1) is 11.8 Å². The smallest absolute Gasteiger partial charge is 0.306 e. The zero-order valence-corrected chi connectivity index (χ0v) is 18.4. The van der Waals surface area contributed by atoms with Gasteiger partial charge < -0.3 is 19.4 Å². The summed E-state index contributed by atoms with van der Waals surface area (Å²) in [5, 5.41) is 20.3. The first-order valence-electron chi connectivity index (χ1n) is 9.70. The zero-order valence-electron chi connectivity index (χ0n) is 17.5. The minimum atomic E-state index is -0.793. The number of methoxy groups -OCH3 is 1. The predicted molar refractivity (Wildman–Crippen MR) is 119 cm³/mol. The van der Waals surface area contributed by atoms with E-state index in [0.29, 0.717) is 17.1 Å². The summed E-state index contributed by atoms with van der Waals surface area (Å²) in [6.07, 6.45) is -0.163. The lowest BCUT2D eigenvalue weighted by Gasteiger charge is -2.17. The minimum Gasteiger partial charge on any atom is -0.508 e. The highest BCUT2D eigenvalue weighted by Crippen LogP contribution is 2.35. The van der Waals surface area contributed by atoms with Crippen LogP contribution in [0, 0.1) is 13.8 Å². The van der Waals surface area contributed by atoms with Gasteiger partial charge in [0, 0.05) is 11.0 Å². The van der Waals surface area contributed by atoms with Crippen LogP contribution in [-0.4, -0.2) is 23.3 Å². The largest absolute Gasteiger partial charge is 0.508 e. The molecule has 0 fully saturated rings. The maximum atomic E-state index is 12.5. The first kappa shape index (κ1) is 22.5. The molecule has 1 aromatic heterocycles. The number of benzene rings is 2. The highest BCUT2D eigenvalue weighted by molar-refractivity contribution is 7.98. The molecule has 0 radical (unpaired) electrons. The molecule has 0 unspecified atom stereocenters. The van der Waals surface area contributed by atoms with Crippen LogP contribution < -0.4 is 5.43 Å². The highest BCUT2D eigenvalue weighted by atomic mass is 32.2. The van der Waals surface area contributed by atoms with Crippen molar-refractivity contribution in [1.29, 1.82) is 0 Å². The highest BCUT2D eigenvalue weighted by Gasteiger charge is 2.27. The summed E-state index contributed by atoms with van der Waals surface area (Å²) in [5.74, 6) is -1.17. The van der Waals surface area contributed by atoms with E-state index >= 15 is 0 Å². The Balaban J connectivity index is 1.98. The van der Waals surface area contributed by atoms with Crippen LogP contribution in [-0.2, 0) is 15.3 Å². The minimum absolute atomic E-state index is 0.00393. The lowest BCUT2D eigenvalue weighted by Crippen LogP contribution is -2.14. The second-order valence-electron chi connectivity index (χ2n) is 7.28. The molecule has 6 nitrogen and oxygen atoms in total. The van der Waals surface area contributed by atoms with Gasteiger partial charge >= 0.3 is 5.97 Å². The Bertz CT molecular complexity index is 1150. The lowest BCUT2D eigenvalue weighted by atomic mass is 9.92. The summed E-state index contributed by atoms with van der Waals surface area (Å²) in [4.78, 5) is 25.5. The molecule has 2 aromatic carbocycles. The molecule has 3 rings (SSSR count). The molecule has 162 valence electrons. The molecule has 0 aliphatic carbocycles. The van der Waals surface area contributed by atoms with Crippen molar-refractivity contribution in [3.63, 3.8) is 0 Å². The predicted octanol–water partition coefficient (Wildman–Crippen LogP) is 4.66. The number of phenolic OH excluding ortho intramolecular Hbond substituents is 1. The normalized spacial score (nSPS) is 11.8. The maximum absolute atomic E-state index is 12.5. The summed E-state index contributed by atoms with van der Waals surface area (Å²) in [6.45, 7) is 4.04. The van der Waals surface area contributed by atoms with Crippen LogP contribution in [0.25, 0.3) is 0 Å². The quantitative estimate of drug-likeness (QED) is 0.407. The Labute approximate surface area is 184 Å². The average Bonchev–Trinajstić information content (AvgIpc) is 2.73. The van der Waals surface area contributed by atoms with Gasteiger partial charge in [0.25, 0.3) is 0 Å². The van der Waals surface area contributed by atoms with E-state index in [1.165, 1.54) is 37.1 Å². The van der Waals surface area contributed by atoms with Crippen LogP contribution in [0.2, 0.25) is 0 Å². The molecular formula is C24H24O6S. The summed E-state index contributed by atoms with van der Waals surface area (Å²) >= 11 is 1.51. The molecule has 0 saturated heterocycles. The Morgan fingerprint density at radius 2 is 1.90 bits per heavy atom. The van der Waals surface area contributed by atoms with E-state index in [2.05, 4.69) is 6.07 Å². The van der Waals surface area contributed by atoms with Crippen molar-refractivity contribution in [3.8, 4) is 11.5 Å². The third kappa shape index (κ3) is 5.49. The van der Waals surface area contributed by atoms with Crippen molar-refractivity contribution in [2.75, 3.05) is 7.11 Å². The topological polar surface area (TPSA) is 97.0 Å². The van der Waals surface area contributed by atoms with E-state index in [4.69, 9.17) is 9.15 Å². The molecule has 1 atom stereocenters. The Kier molecular flexibility index (Phi) is 7.07. The van der Waals surface area contributed by atoms with Gasteiger partial charge in [0.15, 0.2) is 5.76 Å². The molecule has 31 heavy (non-hydrogen) atoms. The number of phenols is 1. The van der Waals surface area contributed by atoms with Crippen LogP contribution in [0.4, 0.5) is 0 Å². The monoisotopic (exact) mass is 440 g/mol. The van der Waals surface area contributed by atoms with Crippen molar-refractivity contribution in [3.05, 3.63) is 87.0 Å². The number of rotatable bonds is 7. The van der Waals surface area contributed by atoms with Crippen molar-refractivity contribution in [2.24, 2.45) is 0 Å². The van der Waals surface area contributed by atoms with Crippen molar-refractivity contribution in [2.45, 2.75) is 36.8 Å². The van der Waals surface area contributed by atoms with Crippen LogP contribution in [0.5, 0.6) is 11.5 Å². The average molecular weight is 441 g/mol. The van der Waals surface area contributed by atoms with Gasteiger partial charge in [0.2, 0.25) is 11.2 Å². The molecule has 7 heteroatoms. The van der Waals surface area contributed by atoms with Crippen LogP contribution in [0.15, 0.2) is 62.6 Å². The standard InChI is InChI=1S/C24H24O6S/c1-14-7-8-21(15(2)9-14)31-13-18-11-20(26)23(28)24(30-18)19(12-22(27)29-3)16-5-4-6-17(25)10-16/h4-11,19,25,28H,12-13H2,1-3H3/t19-/m1/s1. The number of carbonyl (C=O) groups excluding carboxylic acids is 1.